The molecule has 0 aliphatic carbocycles. The van der Waals surface area contributed by atoms with Gasteiger partial charge in [-0.15, -0.1) is 0 Å². The molecule has 0 aliphatic heterocycles. The van der Waals surface area contributed by atoms with E-state index in [4.69, 9.17) is 5.11 Å². The molecular weight excluding hydrogens is 228 g/mol. The van der Waals surface area contributed by atoms with Crippen LogP contribution in [-0.4, -0.2) is 20.9 Å². The first-order valence-corrected chi connectivity index (χ1v) is 5.80. The molecule has 0 aliphatic rings. The fraction of sp³-hybridized carbons (Fsp3) is 0.286. The fourth-order valence-electron chi connectivity index (χ4n) is 2.35. The van der Waals surface area contributed by atoms with Gasteiger partial charge in [0, 0.05) is 11.8 Å². The Morgan fingerprint density at radius 3 is 2.44 bits per heavy atom. The van der Waals surface area contributed by atoms with Gasteiger partial charge in [-0.3, -0.25) is 9.48 Å². The largest absolute Gasteiger partial charge is 0.480 e. The quantitative estimate of drug-likeness (QED) is 0.902. The van der Waals surface area contributed by atoms with Crippen molar-refractivity contribution in [1.82, 2.24) is 9.78 Å². The summed E-state index contributed by atoms with van der Waals surface area (Å²) in [5.74, 6) is -0.887. The van der Waals surface area contributed by atoms with Crippen LogP contribution < -0.4 is 0 Å². The Balaban J connectivity index is 2.43. The number of benzene rings is 1. The maximum atomic E-state index is 10.6. The van der Waals surface area contributed by atoms with Gasteiger partial charge in [-0.2, -0.15) is 5.10 Å². The molecule has 18 heavy (non-hydrogen) atoms. The average molecular weight is 244 g/mol. The molecular formula is C14H16N2O2. The maximum absolute atomic E-state index is 10.6. The molecule has 1 N–H and O–H groups in total. The van der Waals surface area contributed by atoms with Gasteiger partial charge in [0.2, 0.25) is 0 Å². The highest BCUT2D eigenvalue weighted by Crippen LogP contribution is 2.27. The van der Waals surface area contributed by atoms with Gasteiger partial charge >= 0.3 is 5.97 Å². The van der Waals surface area contributed by atoms with E-state index in [0.717, 1.165) is 11.1 Å². The third-order valence-corrected chi connectivity index (χ3v) is 2.90. The average Bonchev–Trinajstić information content (AvgIpc) is 2.63. The number of aryl methyl sites for hydroxylation is 3. The van der Waals surface area contributed by atoms with Crippen molar-refractivity contribution in [3.05, 3.63) is 41.2 Å². The third-order valence-electron chi connectivity index (χ3n) is 2.90. The van der Waals surface area contributed by atoms with E-state index in [1.165, 1.54) is 21.4 Å². The summed E-state index contributed by atoms with van der Waals surface area (Å²) in [6.45, 7) is 6.08. The van der Waals surface area contributed by atoms with Crippen molar-refractivity contribution in [2.45, 2.75) is 27.3 Å². The Hall–Kier alpha value is -2.10. The Kier molecular flexibility index (Phi) is 3.19. The van der Waals surface area contributed by atoms with Crippen LogP contribution in [-0.2, 0) is 11.3 Å². The van der Waals surface area contributed by atoms with Gasteiger partial charge < -0.3 is 5.11 Å². The maximum Gasteiger partial charge on any atom is 0.325 e. The van der Waals surface area contributed by atoms with Crippen molar-refractivity contribution in [1.29, 1.82) is 0 Å². The monoisotopic (exact) mass is 244 g/mol. The minimum absolute atomic E-state index is 0.107. The van der Waals surface area contributed by atoms with Crippen LogP contribution in [0.25, 0.3) is 11.1 Å². The summed E-state index contributed by atoms with van der Waals surface area (Å²) in [6.07, 6.45) is 3.49. The molecule has 0 atom stereocenters. The predicted molar refractivity (Wildman–Crippen MR) is 69.5 cm³/mol. The fourth-order valence-corrected chi connectivity index (χ4v) is 2.35. The van der Waals surface area contributed by atoms with Crippen molar-refractivity contribution < 1.29 is 9.90 Å². The first-order chi connectivity index (χ1) is 8.47. The van der Waals surface area contributed by atoms with Crippen LogP contribution >= 0.6 is 0 Å². The summed E-state index contributed by atoms with van der Waals surface area (Å²) >= 11 is 0. The zero-order valence-corrected chi connectivity index (χ0v) is 10.8. The summed E-state index contributed by atoms with van der Waals surface area (Å²) in [5.41, 5.74) is 5.69. The van der Waals surface area contributed by atoms with E-state index in [2.05, 4.69) is 38.0 Å². The van der Waals surface area contributed by atoms with Gasteiger partial charge in [0.1, 0.15) is 6.54 Å². The van der Waals surface area contributed by atoms with Crippen LogP contribution in [0.4, 0.5) is 0 Å². The molecule has 0 fully saturated rings. The number of aliphatic carboxylic acids is 1. The van der Waals surface area contributed by atoms with Crippen molar-refractivity contribution in [3.8, 4) is 11.1 Å². The van der Waals surface area contributed by atoms with Gasteiger partial charge in [0.25, 0.3) is 0 Å². The summed E-state index contributed by atoms with van der Waals surface area (Å²) in [4.78, 5) is 10.6. The number of nitrogens with zero attached hydrogens (tertiary/aromatic N) is 2. The molecule has 0 radical (unpaired) electrons. The first-order valence-electron chi connectivity index (χ1n) is 5.80. The van der Waals surface area contributed by atoms with E-state index in [1.807, 2.05) is 0 Å². The molecule has 4 nitrogen and oxygen atoms in total. The molecule has 0 amide bonds. The van der Waals surface area contributed by atoms with Gasteiger partial charge in [-0.05, 0) is 37.5 Å². The number of aromatic nitrogens is 2. The number of hydrogen-bond acceptors (Lipinski definition) is 2. The highest BCUT2D eigenvalue weighted by atomic mass is 16.4. The van der Waals surface area contributed by atoms with Gasteiger partial charge in [-0.1, -0.05) is 17.7 Å². The van der Waals surface area contributed by atoms with Gasteiger partial charge in [-0.25, -0.2) is 0 Å². The molecule has 94 valence electrons. The Morgan fingerprint density at radius 1 is 1.28 bits per heavy atom. The van der Waals surface area contributed by atoms with Gasteiger partial charge in [0.05, 0.1) is 6.20 Å². The number of rotatable bonds is 3. The number of hydrogen-bond donors (Lipinski definition) is 1. The van der Waals surface area contributed by atoms with Crippen LogP contribution in [0.2, 0.25) is 0 Å². The van der Waals surface area contributed by atoms with Crippen molar-refractivity contribution in [2.75, 3.05) is 0 Å². The first kappa shape index (κ1) is 12.4. The minimum Gasteiger partial charge on any atom is -0.480 e. The lowest BCUT2D eigenvalue weighted by molar-refractivity contribution is -0.137. The molecule has 0 spiro atoms. The molecule has 1 aromatic carbocycles. The molecule has 4 heteroatoms. The Morgan fingerprint density at radius 2 is 1.89 bits per heavy atom. The van der Waals surface area contributed by atoms with Crippen LogP contribution in [0.1, 0.15) is 16.7 Å². The zero-order chi connectivity index (χ0) is 13.3. The summed E-state index contributed by atoms with van der Waals surface area (Å²) in [5, 5.41) is 12.8. The van der Waals surface area contributed by atoms with Gasteiger partial charge in [0.15, 0.2) is 0 Å². The molecule has 0 unspecified atom stereocenters. The number of carbonyl (C=O) groups is 1. The van der Waals surface area contributed by atoms with E-state index >= 15 is 0 Å². The second-order valence-corrected chi connectivity index (χ2v) is 4.59. The van der Waals surface area contributed by atoms with Crippen LogP contribution in [0.15, 0.2) is 24.5 Å². The molecule has 1 aromatic heterocycles. The standard InChI is InChI=1S/C14H16N2O2/c1-9-4-10(2)14(11(3)5-9)12-6-15-16(7-12)8-13(17)18/h4-7H,8H2,1-3H3,(H,17,18). The lowest BCUT2D eigenvalue weighted by Crippen LogP contribution is -2.08. The van der Waals surface area contributed by atoms with Crippen LogP contribution in [0, 0.1) is 20.8 Å². The van der Waals surface area contributed by atoms with Crippen LogP contribution in [0.3, 0.4) is 0 Å². The van der Waals surface area contributed by atoms with E-state index in [0.29, 0.717) is 0 Å². The molecule has 0 bridgehead atoms. The van der Waals surface area contributed by atoms with E-state index in [-0.39, 0.29) is 6.54 Å². The molecule has 2 aromatic rings. The third kappa shape index (κ3) is 2.42. The molecule has 2 rings (SSSR count). The Bertz CT molecular complexity index is 577. The number of carboxylic acid groups (broad SMARTS) is 1. The van der Waals surface area contributed by atoms with Crippen molar-refractivity contribution in [3.63, 3.8) is 0 Å². The van der Waals surface area contributed by atoms with Crippen molar-refractivity contribution >= 4 is 5.97 Å². The van der Waals surface area contributed by atoms with Crippen molar-refractivity contribution in [2.24, 2.45) is 0 Å². The van der Waals surface area contributed by atoms with E-state index < -0.39 is 5.97 Å². The highest BCUT2D eigenvalue weighted by molar-refractivity contribution is 5.71. The Labute approximate surface area is 106 Å². The highest BCUT2D eigenvalue weighted by Gasteiger charge is 2.09. The normalized spacial score (nSPS) is 10.6. The second-order valence-electron chi connectivity index (χ2n) is 4.59. The lowest BCUT2D eigenvalue weighted by Gasteiger charge is -2.09. The SMILES string of the molecule is Cc1cc(C)c(-c2cnn(CC(=O)O)c2)c(C)c1. The minimum atomic E-state index is -0.887. The lowest BCUT2D eigenvalue weighted by atomic mass is 9.96. The second kappa shape index (κ2) is 4.64. The summed E-state index contributed by atoms with van der Waals surface area (Å²) < 4.78 is 1.44. The molecule has 1 heterocycles. The van der Waals surface area contributed by atoms with E-state index in [1.54, 1.807) is 12.4 Å². The molecule has 0 saturated carbocycles. The predicted octanol–water partition coefficient (Wildman–Crippen LogP) is 2.56. The van der Waals surface area contributed by atoms with Crippen LogP contribution in [0.5, 0.6) is 0 Å². The van der Waals surface area contributed by atoms with E-state index in [9.17, 15) is 4.79 Å². The zero-order valence-electron chi connectivity index (χ0n) is 10.8. The molecule has 0 saturated heterocycles. The number of carboxylic acids is 1. The summed E-state index contributed by atoms with van der Waals surface area (Å²) in [7, 11) is 0. The smallest absolute Gasteiger partial charge is 0.325 e. The topological polar surface area (TPSA) is 55.1 Å². The summed E-state index contributed by atoms with van der Waals surface area (Å²) in [6, 6.07) is 4.24.